The van der Waals surface area contributed by atoms with Crippen molar-refractivity contribution >= 4 is 11.0 Å². The second-order valence-electron chi connectivity index (χ2n) is 4.84. The van der Waals surface area contributed by atoms with Crippen LogP contribution < -0.4 is 10.4 Å². The van der Waals surface area contributed by atoms with E-state index in [9.17, 15) is 4.79 Å². The molecule has 3 nitrogen and oxygen atoms in total. The van der Waals surface area contributed by atoms with Crippen LogP contribution in [0.5, 0.6) is 5.75 Å². The number of ether oxygens (including phenoxy) is 1. The first kappa shape index (κ1) is 13.7. The van der Waals surface area contributed by atoms with Crippen molar-refractivity contribution < 1.29 is 9.15 Å². The lowest BCUT2D eigenvalue weighted by Gasteiger charge is -2.08. The highest BCUT2D eigenvalue weighted by Crippen LogP contribution is 2.24. The van der Waals surface area contributed by atoms with Crippen LogP contribution in [-0.2, 0) is 0 Å². The van der Waals surface area contributed by atoms with Gasteiger partial charge in [-0.15, -0.1) is 0 Å². The maximum atomic E-state index is 11.5. The zero-order valence-electron chi connectivity index (χ0n) is 11.6. The minimum Gasteiger partial charge on any atom is -0.493 e. The molecule has 0 N–H and O–H groups in total. The lowest BCUT2D eigenvalue weighted by molar-refractivity contribution is 0.306. The van der Waals surface area contributed by atoms with Crippen molar-refractivity contribution in [2.45, 2.75) is 39.5 Å². The summed E-state index contributed by atoms with van der Waals surface area (Å²) in [7, 11) is 0. The van der Waals surface area contributed by atoms with Crippen molar-refractivity contribution in [2.75, 3.05) is 6.61 Å². The second kappa shape index (κ2) is 6.41. The molecule has 102 valence electrons. The Labute approximate surface area is 113 Å². The summed E-state index contributed by atoms with van der Waals surface area (Å²) in [5.74, 6) is 0.631. The van der Waals surface area contributed by atoms with Crippen molar-refractivity contribution in [3.8, 4) is 5.75 Å². The van der Waals surface area contributed by atoms with Crippen LogP contribution in [-0.4, -0.2) is 6.61 Å². The van der Waals surface area contributed by atoms with Gasteiger partial charge in [0.15, 0.2) is 0 Å². The highest BCUT2D eigenvalue weighted by atomic mass is 16.5. The molecule has 0 aliphatic rings. The fraction of sp³-hybridized carbons (Fsp3) is 0.438. The zero-order valence-corrected chi connectivity index (χ0v) is 11.6. The Hall–Kier alpha value is -1.77. The van der Waals surface area contributed by atoms with E-state index >= 15 is 0 Å². The smallest absolute Gasteiger partial charge is 0.339 e. The highest BCUT2D eigenvalue weighted by molar-refractivity contribution is 5.83. The number of rotatable bonds is 6. The predicted molar refractivity (Wildman–Crippen MR) is 76.9 cm³/mol. The summed E-state index contributed by atoms with van der Waals surface area (Å²) >= 11 is 0. The lowest BCUT2D eigenvalue weighted by atomic mass is 10.1. The number of unbranched alkanes of at least 4 members (excludes halogenated alkanes) is 3. The molecule has 1 aromatic carbocycles. The van der Waals surface area contributed by atoms with Gasteiger partial charge >= 0.3 is 5.63 Å². The quantitative estimate of drug-likeness (QED) is 0.580. The van der Waals surface area contributed by atoms with E-state index < -0.39 is 0 Å². The number of benzene rings is 1. The van der Waals surface area contributed by atoms with E-state index in [-0.39, 0.29) is 5.63 Å². The molecule has 0 fully saturated rings. The summed E-state index contributed by atoms with van der Waals surface area (Å²) in [5, 5.41) is 0.870. The van der Waals surface area contributed by atoms with Crippen molar-refractivity contribution in [1.82, 2.24) is 0 Å². The Morgan fingerprint density at radius 1 is 1.16 bits per heavy atom. The zero-order chi connectivity index (χ0) is 13.7. The SMILES string of the molecule is CCCCCCOc1cc(=O)oc2ccc(C)cc12. The summed E-state index contributed by atoms with van der Waals surface area (Å²) in [4.78, 5) is 11.5. The first-order chi connectivity index (χ1) is 9.20. The second-order valence-corrected chi connectivity index (χ2v) is 4.84. The molecule has 1 heterocycles. The minimum absolute atomic E-state index is 0.361. The molecule has 0 saturated heterocycles. The largest absolute Gasteiger partial charge is 0.493 e. The summed E-state index contributed by atoms with van der Waals surface area (Å²) < 4.78 is 10.9. The third kappa shape index (κ3) is 3.60. The summed E-state index contributed by atoms with van der Waals surface area (Å²) in [5.41, 5.74) is 1.35. The molecular formula is C16H20O3. The first-order valence-electron chi connectivity index (χ1n) is 6.88. The Morgan fingerprint density at radius 3 is 2.79 bits per heavy atom. The third-order valence-corrected chi connectivity index (χ3v) is 3.12. The molecule has 0 atom stereocenters. The van der Waals surface area contributed by atoms with Gasteiger partial charge in [0.05, 0.1) is 18.1 Å². The van der Waals surface area contributed by atoms with Gasteiger partial charge in [-0.3, -0.25) is 0 Å². The fourth-order valence-electron chi connectivity index (χ4n) is 2.08. The van der Waals surface area contributed by atoms with Crippen molar-refractivity contribution in [3.63, 3.8) is 0 Å². The van der Waals surface area contributed by atoms with Gasteiger partial charge in [-0.05, 0) is 25.5 Å². The molecule has 3 heteroatoms. The lowest BCUT2D eigenvalue weighted by Crippen LogP contribution is -2.03. The van der Waals surface area contributed by atoms with Crippen LogP contribution in [0.25, 0.3) is 11.0 Å². The topological polar surface area (TPSA) is 39.4 Å². The predicted octanol–water partition coefficient (Wildman–Crippen LogP) is 4.06. The van der Waals surface area contributed by atoms with Crippen LogP contribution in [0, 0.1) is 6.92 Å². The van der Waals surface area contributed by atoms with Crippen LogP contribution in [0.15, 0.2) is 33.5 Å². The van der Waals surface area contributed by atoms with E-state index in [2.05, 4.69) is 6.92 Å². The van der Waals surface area contributed by atoms with Crippen LogP contribution in [0.4, 0.5) is 0 Å². The van der Waals surface area contributed by atoms with Crippen LogP contribution in [0.3, 0.4) is 0 Å². The molecule has 1 aromatic heterocycles. The van der Waals surface area contributed by atoms with E-state index in [1.807, 2.05) is 25.1 Å². The molecule has 0 amide bonds. The average molecular weight is 260 g/mol. The van der Waals surface area contributed by atoms with E-state index in [0.717, 1.165) is 23.8 Å². The van der Waals surface area contributed by atoms with Crippen molar-refractivity contribution in [3.05, 3.63) is 40.2 Å². The van der Waals surface area contributed by atoms with Gasteiger partial charge in [0.2, 0.25) is 0 Å². The first-order valence-corrected chi connectivity index (χ1v) is 6.88. The number of hydrogen-bond acceptors (Lipinski definition) is 3. The number of fused-ring (bicyclic) bond motifs is 1. The monoisotopic (exact) mass is 260 g/mol. The summed E-state index contributed by atoms with van der Waals surface area (Å²) in [6.45, 7) is 4.83. The molecule has 0 aliphatic heterocycles. The van der Waals surface area contributed by atoms with Gasteiger partial charge in [-0.25, -0.2) is 4.79 Å². The molecule has 2 aromatic rings. The molecule has 0 saturated carbocycles. The Morgan fingerprint density at radius 2 is 2.00 bits per heavy atom. The maximum Gasteiger partial charge on any atom is 0.339 e. The van der Waals surface area contributed by atoms with E-state index in [1.54, 1.807) is 0 Å². The maximum absolute atomic E-state index is 11.5. The van der Waals surface area contributed by atoms with E-state index in [0.29, 0.717) is 17.9 Å². The Kier molecular flexibility index (Phi) is 4.61. The van der Waals surface area contributed by atoms with Crippen LogP contribution in [0.2, 0.25) is 0 Å². The molecule has 0 unspecified atom stereocenters. The van der Waals surface area contributed by atoms with Gasteiger partial charge in [0, 0.05) is 0 Å². The molecule has 2 rings (SSSR count). The van der Waals surface area contributed by atoms with E-state index in [4.69, 9.17) is 9.15 Å². The van der Waals surface area contributed by atoms with Crippen LogP contribution in [0.1, 0.15) is 38.2 Å². The highest BCUT2D eigenvalue weighted by Gasteiger charge is 2.06. The van der Waals surface area contributed by atoms with Gasteiger partial charge in [-0.2, -0.15) is 0 Å². The van der Waals surface area contributed by atoms with Gasteiger partial charge < -0.3 is 9.15 Å². The number of hydrogen-bond donors (Lipinski definition) is 0. The Balaban J connectivity index is 2.16. The molecule has 0 spiro atoms. The molecular weight excluding hydrogens is 240 g/mol. The molecule has 0 radical (unpaired) electrons. The molecule has 0 aliphatic carbocycles. The minimum atomic E-state index is -0.361. The van der Waals surface area contributed by atoms with Gasteiger partial charge in [0.25, 0.3) is 0 Å². The normalized spacial score (nSPS) is 10.8. The van der Waals surface area contributed by atoms with Crippen molar-refractivity contribution in [2.24, 2.45) is 0 Å². The van der Waals surface area contributed by atoms with Gasteiger partial charge in [-0.1, -0.05) is 37.8 Å². The van der Waals surface area contributed by atoms with E-state index in [1.165, 1.54) is 18.9 Å². The molecule has 0 bridgehead atoms. The summed E-state index contributed by atoms with van der Waals surface area (Å²) in [6, 6.07) is 7.16. The Bertz CT molecular complexity index is 598. The molecule has 19 heavy (non-hydrogen) atoms. The van der Waals surface area contributed by atoms with Gasteiger partial charge in [0.1, 0.15) is 11.3 Å². The number of aryl methyl sites for hydroxylation is 1. The average Bonchev–Trinajstić information content (AvgIpc) is 2.39. The van der Waals surface area contributed by atoms with Crippen molar-refractivity contribution in [1.29, 1.82) is 0 Å². The fourth-order valence-corrected chi connectivity index (χ4v) is 2.08. The standard InChI is InChI=1S/C16H20O3/c1-3-4-5-6-9-18-15-11-16(17)19-14-8-7-12(2)10-13(14)15/h7-8,10-11H,3-6,9H2,1-2H3. The van der Waals surface area contributed by atoms with Crippen LogP contribution >= 0.6 is 0 Å². The summed E-state index contributed by atoms with van der Waals surface area (Å²) in [6.07, 6.45) is 4.60. The third-order valence-electron chi connectivity index (χ3n) is 3.12.